The van der Waals surface area contributed by atoms with E-state index in [2.05, 4.69) is 44.1 Å². The van der Waals surface area contributed by atoms with Gasteiger partial charge in [-0.05, 0) is 18.4 Å². The molecular weight excluding hydrogens is 356 g/mol. The van der Waals surface area contributed by atoms with E-state index in [1.54, 1.807) is 14.2 Å². The third-order valence-corrected chi connectivity index (χ3v) is 5.06. The van der Waals surface area contributed by atoms with Crippen molar-refractivity contribution < 1.29 is 19.0 Å². The van der Waals surface area contributed by atoms with Crippen LogP contribution in [0.4, 0.5) is 0 Å². The van der Waals surface area contributed by atoms with Gasteiger partial charge in [0.25, 0.3) is 0 Å². The second kappa shape index (κ2) is 10.2. The van der Waals surface area contributed by atoms with Crippen molar-refractivity contribution in [3.63, 3.8) is 0 Å². The lowest BCUT2D eigenvalue weighted by Gasteiger charge is -2.22. The smallest absolute Gasteiger partial charge is 0.309 e. The first-order chi connectivity index (χ1) is 12.6. The monoisotopic (exact) mass is 388 g/mol. The van der Waals surface area contributed by atoms with Crippen molar-refractivity contribution in [2.45, 2.75) is 45.8 Å². The fourth-order valence-electron chi connectivity index (χ4n) is 2.75. The third-order valence-electron chi connectivity index (χ3n) is 4.16. The van der Waals surface area contributed by atoms with Gasteiger partial charge in [-0.3, -0.25) is 4.79 Å². The zero-order valence-electron chi connectivity index (χ0n) is 17.8. The summed E-state index contributed by atoms with van der Waals surface area (Å²) >= 11 is 0. The van der Waals surface area contributed by atoms with Crippen LogP contribution in [0.25, 0.3) is 0 Å². The minimum absolute atomic E-state index is 0.0601. The molecule has 0 radical (unpaired) electrons. The fraction of sp³-hybridized carbons (Fsp3) is 0.500. The lowest BCUT2D eigenvalue weighted by Crippen LogP contribution is -2.18. The van der Waals surface area contributed by atoms with Gasteiger partial charge < -0.3 is 14.2 Å². The van der Waals surface area contributed by atoms with Crippen LogP contribution in [-0.2, 0) is 9.53 Å². The normalized spacial score (nSPS) is 13.5. The molecule has 0 heterocycles. The molecule has 0 bridgehead atoms. The quantitative estimate of drug-likeness (QED) is 0.293. The molecular formula is C22H32O4Si. The number of methoxy groups -OCH3 is 3. The topological polar surface area (TPSA) is 44.8 Å². The largest absolute Gasteiger partial charge is 0.493 e. The van der Waals surface area contributed by atoms with Crippen molar-refractivity contribution in [2.75, 3.05) is 21.3 Å². The molecule has 0 saturated heterocycles. The zero-order chi connectivity index (χ0) is 20.6. The molecule has 0 spiro atoms. The molecule has 0 amide bonds. The summed E-state index contributed by atoms with van der Waals surface area (Å²) in [5.41, 5.74) is 5.50. The van der Waals surface area contributed by atoms with Gasteiger partial charge in [0.05, 0.1) is 33.7 Å². The number of benzene rings is 1. The molecule has 1 aromatic rings. The molecule has 1 aromatic carbocycles. The Bertz CT molecular complexity index is 735. The third kappa shape index (κ3) is 6.80. The molecule has 0 unspecified atom stereocenters. The van der Waals surface area contributed by atoms with E-state index in [0.717, 1.165) is 22.6 Å². The minimum atomic E-state index is -1.55. The number of aryl methyl sites for hydroxylation is 1. The second-order valence-corrected chi connectivity index (χ2v) is 12.4. The van der Waals surface area contributed by atoms with E-state index in [4.69, 9.17) is 14.2 Å². The summed E-state index contributed by atoms with van der Waals surface area (Å²) in [6.07, 6.45) is 4.12. The number of rotatable bonds is 7. The highest BCUT2D eigenvalue weighted by Crippen LogP contribution is 2.40. The van der Waals surface area contributed by atoms with E-state index in [9.17, 15) is 4.79 Å². The van der Waals surface area contributed by atoms with Crippen LogP contribution in [0.15, 0.2) is 24.3 Å². The number of hydrogen-bond donors (Lipinski definition) is 0. The van der Waals surface area contributed by atoms with Gasteiger partial charge in [0.2, 0.25) is 0 Å². The Kier molecular flexibility index (Phi) is 8.65. The highest BCUT2D eigenvalue weighted by molar-refractivity contribution is 6.83. The van der Waals surface area contributed by atoms with E-state index in [1.165, 1.54) is 7.11 Å². The maximum Gasteiger partial charge on any atom is 0.309 e. The van der Waals surface area contributed by atoms with Crippen molar-refractivity contribution in [1.82, 2.24) is 0 Å². The number of esters is 1. The van der Waals surface area contributed by atoms with Crippen molar-refractivity contribution >= 4 is 14.0 Å². The Labute approximate surface area is 164 Å². The molecule has 0 aliphatic rings. The SMILES string of the molecule is COC(=O)C/C=C/[C@H](C)[C@H](C#C[Si](C)(C)C)c1ccc(C)c(OC)c1OC. The van der Waals surface area contributed by atoms with Crippen molar-refractivity contribution in [3.05, 3.63) is 35.4 Å². The first kappa shape index (κ1) is 22.8. The lowest BCUT2D eigenvalue weighted by atomic mass is 9.86. The summed E-state index contributed by atoms with van der Waals surface area (Å²) in [5.74, 6) is 4.73. The fourth-order valence-corrected chi connectivity index (χ4v) is 3.33. The van der Waals surface area contributed by atoms with Gasteiger partial charge in [-0.15, -0.1) is 11.5 Å². The van der Waals surface area contributed by atoms with Crippen LogP contribution in [-0.4, -0.2) is 35.4 Å². The molecule has 1 rings (SSSR count). The number of allylic oxidation sites excluding steroid dienone is 1. The van der Waals surface area contributed by atoms with Gasteiger partial charge in [0.1, 0.15) is 8.07 Å². The first-order valence-electron chi connectivity index (χ1n) is 9.12. The minimum Gasteiger partial charge on any atom is -0.493 e. The summed E-state index contributed by atoms with van der Waals surface area (Å²) in [4.78, 5) is 11.4. The summed E-state index contributed by atoms with van der Waals surface area (Å²) in [6, 6.07) is 4.09. The maximum absolute atomic E-state index is 11.4. The van der Waals surface area contributed by atoms with E-state index in [0.29, 0.717) is 0 Å². The van der Waals surface area contributed by atoms with Gasteiger partial charge >= 0.3 is 5.97 Å². The van der Waals surface area contributed by atoms with Crippen LogP contribution in [0.1, 0.15) is 30.4 Å². The maximum atomic E-state index is 11.4. The lowest BCUT2D eigenvalue weighted by molar-refractivity contribution is -0.139. The summed E-state index contributed by atoms with van der Waals surface area (Å²) in [5, 5.41) is 0. The molecule has 0 saturated carbocycles. The molecule has 0 N–H and O–H groups in total. The van der Waals surface area contributed by atoms with Crippen LogP contribution < -0.4 is 9.47 Å². The molecule has 148 valence electrons. The van der Waals surface area contributed by atoms with Crippen LogP contribution >= 0.6 is 0 Å². The second-order valence-electron chi connectivity index (χ2n) is 7.60. The van der Waals surface area contributed by atoms with Gasteiger partial charge in [-0.2, -0.15) is 0 Å². The van der Waals surface area contributed by atoms with Crippen LogP contribution in [0.3, 0.4) is 0 Å². The van der Waals surface area contributed by atoms with Crippen LogP contribution in [0, 0.1) is 24.3 Å². The average Bonchev–Trinajstić information content (AvgIpc) is 2.61. The average molecular weight is 389 g/mol. The summed E-state index contributed by atoms with van der Waals surface area (Å²) in [6.45, 7) is 10.8. The Balaban J connectivity index is 3.38. The highest BCUT2D eigenvalue weighted by atomic mass is 28.3. The predicted molar refractivity (Wildman–Crippen MR) is 113 cm³/mol. The predicted octanol–water partition coefficient (Wildman–Crippen LogP) is 4.73. The first-order valence-corrected chi connectivity index (χ1v) is 12.6. The standard InChI is InChI=1S/C22H32O4Si/c1-16(10-9-11-20(23)24-3)18(14-15-27(6,7)8)19-13-12-17(2)21(25-4)22(19)26-5/h9-10,12-13,16,18H,11H2,1-8H3/b10-9+/t16-,18-/m0/s1. The van der Waals surface area contributed by atoms with E-state index < -0.39 is 8.07 Å². The molecule has 27 heavy (non-hydrogen) atoms. The Morgan fingerprint density at radius 1 is 1.15 bits per heavy atom. The number of carbonyl (C=O) groups excluding carboxylic acids is 1. The molecule has 0 fully saturated rings. The van der Waals surface area contributed by atoms with Gasteiger partial charge in [-0.25, -0.2) is 0 Å². The Hall–Kier alpha value is -2.19. The Morgan fingerprint density at radius 3 is 2.30 bits per heavy atom. The molecule has 4 nitrogen and oxygen atoms in total. The van der Waals surface area contributed by atoms with Crippen molar-refractivity contribution in [3.8, 4) is 23.0 Å². The molecule has 0 aliphatic heterocycles. The molecule has 0 aliphatic carbocycles. The highest BCUT2D eigenvalue weighted by Gasteiger charge is 2.23. The van der Waals surface area contributed by atoms with Gasteiger partial charge in [0.15, 0.2) is 11.5 Å². The van der Waals surface area contributed by atoms with E-state index in [-0.39, 0.29) is 24.2 Å². The van der Waals surface area contributed by atoms with Gasteiger partial charge in [0, 0.05) is 5.56 Å². The summed E-state index contributed by atoms with van der Waals surface area (Å²) in [7, 11) is 3.15. The van der Waals surface area contributed by atoms with Crippen LogP contribution in [0.5, 0.6) is 11.5 Å². The molecule has 0 aromatic heterocycles. The van der Waals surface area contributed by atoms with E-state index >= 15 is 0 Å². The van der Waals surface area contributed by atoms with Crippen LogP contribution in [0.2, 0.25) is 19.6 Å². The molecule has 5 heteroatoms. The number of carbonyl (C=O) groups is 1. The molecule has 2 atom stereocenters. The number of hydrogen-bond acceptors (Lipinski definition) is 4. The Morgan fingerprint density at radius 2 is 1.78 bits per heavy atom. The zero-order valence-corrected chi connectivity index (χ0v) is 18.8. The van der Waals surface area contributed by atoms with Crippen molar-refractivity contribution in [1.29, 1.82) is 0 Å². The van der Waals surface area contributed by atoms with Gasteiger partial charge in [-0.1, -0.05) is 50.8 Å². The van der Waals surface area contributed by atoms with E-state index in [1.807, 2.05) is 25.1 Å². The number of ether oxygens (including phenoxy) is 3. The summed E-state index contributed by atoms with van der Waals surface area (Å²) < 4.78 is 16.0. The van der Waals surface area contributed by atoms with Crippen molar-refractivity contribution in [2.24, 2.45) is 5.92 Å².